The number of benzene rings is 2. The quantitative estimate of drug-likeness (QED) is 0.605. The Hall–Kier alpha value is -2.94. The number of para-hydroxylation sites is 1. The molecule has 2 aromatic carbocycles. The third kappa shape index (κ3) is 5.11. The van der Waals surface area contributed by atoms with Gasteiger partial charge in [-0.05, 0) is 51.0 Å². The maximum Gasteiger partial charge on any atom is 0.407 e. The summed E-state index contributed by atoms with van der Waals surface area (Å²) in [5.41, 5.74) is 1.09. The summed E-state index contributed by atoms with van der Waals surface area (Å²) in [6.45, 7) is 5.69. The summed E-state index contributed by atoms with van der Waals surface area (Å²) in [6, 6.07) is 12.9. The summed E-state index contributed by atoms with van der Waals surface area (Å²) in [5, 5.41) is 13.7. The first-order chi connectivity index (χ1) is 13.6. The number of hydrogen-bond donors (Lipinski definition) is 1. The predicted molar refractivity (Wildman–Crippen MR) is 110 cm³/mol. The van der Waals surface area contributed by atoms with Gasteiger partial charge in [0.1, 0.15) is 5.60 Å². The second-order valence-electron chi connectivity index (χ2n) is 7.74. The minimum Gasteiger partial charge on any atom is -0.444 e. The van der Waals surface area contributed by atoms with E-state index in [0.717, 1.165) is 11.3 Å². The van der Waals surface area contributed by atoms with Crippen molar-refractivity contribution in [1.82, 2.24) is 5.32 Å². The molecule has 8 nitrogen and oxygen atoms in total. The monoisotopic (exact) mass is 417 g/mol. The molecule has 0 saturated carbocycles. The topological polar surface area (TPSA) is 102 Å². The lowest BCUT2D eigenvalue weighted by molar-refractivity contribution is -0.384. The molecule has 0 saturated heterocycles. The number of nitro groups is 1. The number of alkyl carbamates (subject to hydrolysis) is 1. The molecule has 0 bridgehead atoms. The molecule has 1 N–H and O–H groups in total. The number of hydrogen-bond acceptors (Lipinski definition) is 5. The van der Waals surface area contributed by atoms with E-state index in [4.69, 9.17) is 4.74 Å². The highest BCUT2D eigenvalue weighted by Crippen LogP contribution is 2.30. The summed E-state index contributed by atoms with van der Waals surface area (Å²) in [5.74, 6) is 0. The molecule has 0 aliphatic carbocycles. The Labute approximate surface area is 171 Å². The molecular weight excluding hydrogens is 394 g/mol. The molecule has 2 atom stereocenters. The molecule has 0 radical (unpaired) electrons. The van der Waals surface area contributed by atoms with Crippen LogP contribution in [0.1, 0.15) is 26.3 Å². The lowest BCUT2D eigenvalue weighted by Crippen LogP contribution is -2.49. The highest BCUT2D eigenvalue weighted by Gasteiger charge is 2.30. The first-order valence-corrected chi connectivity index (χ1v) is 10.3. The zero-order chi connectivity index (χ0) is 21.2. The van der Waals surface area contributed by atoms with Crippen molar-refractivity contribution in [3.63, 3.8) is 0 Å². The molecule has 29 heavy (non-hydrogen) atoms. The smallest absolute Gasteiger partial charge is 0.407 e. The first-order valence-electron chi connectivity index (χ1n) is 9.15. The van der Waals surface area contributed by atoms with Crippen LogP contribution in [0.3, 0.4) is 0 Å². The van der Waals surface area contributed by atoms with Gasteiger partial charge in [-0.1, -0.05) is 18.2 Å². The molecule has 1 heterocycles. The van der Waals surface area contributed by atoms with Crippen molar-refractivity contribution in [2.24, 2.45) is 0 Å². The van der Waals surface area contributed by atoms with E-state index in [1.165, 1.54) is 24.3 Å². The van der Waals surface area contributed by atoms with Gasteiger partial charge in [-0.15, -0.1) is 0 Å². The van der Waals surface area contributed by atoms with Gasteiger partial charge in [0.2, 0.25) is 0 Å². The molecule has 0 aromatic heterocycles. The Bertz CT molecular complexity index is 940. The van der Waals surface area contributed by atoms with E-state index in [0.29, 0.717) is 17.9 Å². The Balaban J connectivity index is 1.83. The van der Waals surface area contributed by atoms with Crippen LogP contribution in [0.2, 0.25) is 0 Å². The zero-order valence-corrected chi connectivity index (χ0v) is 17.3. The van der Waals surface area contributed by atoms with Crippen molar-refractivity contribution in [2.45, 2.75) is 43.7 Å². The van der Waals surface area contributed by atoms with Gasteiger partial charge in [0.05, 0.1) is 28.1 Å². The van der Waals surface area contributed by atoms with Crippen molar-refractivity contribution in [3.8, 4) is 0 Å². The van der Waals surface area contributed by atoms with Gasteiger partial charge in [0.15, 0.2) is 11.0 Å². The summed E-state index contributed by atoms with van der Waals surface area (Å²) < 4.78 is 20.3. The molecule has 1 aliphatic heterocycles. The van der Waals surface area contributed by atoms with Crippen LogP contribution in [0.4, 0.5) is 16.2 Å². The van der Waals surface area contributed by atoms with E-state index >= 15 is 0 Å². The highest BCUT2D eigenvalue weighted by molar-refractivity contribution is 7.86. The Morgan fingerprint density at radius 3 is 2.48 bits per heavy atom. The fraction of sp³-hybridized carbons (Fsp3) is 0.350. The van der Waals surface area contributed by atoms with Gasteiger partial charge in [-0.2, -0.15) is 0 Å². The van der Waals surface area contributed by atoms with Crippen LogP contribution >= 0.6 is 0 Å². The van der Waals surface area contributed by atoms with E-state index in [1.807, 2.05) is 24.3 Å². The highest BCUT2D eigenvalue weighted by atomic mass is 32.2. The maximum atomic E-state index is 13.2. The number of nitrogens with one attached hydrogen (secondary N) is 1. The number of carbonyl (C=O) groups excluding carboxylic acids is 1. The Kier molecular flexibility index (Phi) is 5.88. The minimum atomic E-state index is -1.59. The van der Waals surface area contributed by atoms with Crippen LogP contribution in [0.15, 0.2) is 53.4 Å². The lowest BCUT2D eigenvalue weighted by Gasteiger charge is -2.35. The normalized spacial score (nSPS) is 17.2. The van der Waals surface area contributed by atoms with Gasteiger partial charge in [-0.25, -0.2) is 9.00 Å². The Morgan fingerprint density at radius 2 is 1.86 bits per heavy atom. The molecule has 0 fully saturated rings. The molecule has 1 aliphatic rings. The van der Waals surface area contributed by atoms with Crippen molar-refractivity contribution in [2.75, 3.05) is 10.8 Å². The van der Waals surface area contributed by atoms with Gasteiger partial charge >= 0.3 is 6.09 Å². The molecule has 3 rings (SSSR count). The van der Waals surface area contributed by atoms with Crippen molar-refractivity contribution in [3.05, 3.63) is 64.2 Å². The largest absolute Gasteiger partial charge is 0.444 e. The van der Waals surface area contributed by atoms with E-state index in [1.54, 1.807) is 25.1 Å². The predicted octanol–water partition coefficient (Wildman–Crippen LogP) is 3.57. The van der Waals surface area contributed by atoms with Crippen LogP contribution in [-0.2, 0) is 22.1 Å². The maximum absolute atomic E-state index is 13.2. The average Bonchev–Trinajstić information content (AvgIpc) is 2.65. The van der Waals surface area contributed by atoms with Gasteiger partial charge < -0.3 is 10.1 Å². The van der Waals surface area contributed by atoms with E-state index in [9.17, 15) is 19.1 Å². The fourth-order valence-electron chi connectivity index (χ4n) is 3.09. The SMILES string of the molecule is CC(C)(C)OC(=O)NC1Cc2ccccc2N(S(=O)c2ccc([N+](=O)[O-])cc2)C1. The van der Waals surface area contributed by atoms with Gasteiger partial charge in [-0.3, -0.25) is 14.4 Å². The number of nitrogens with zero attached hydrogens (tertiary/aromatic N) is 2. The fourth-order valence-corrected chi connectivity index (χ4v) is 4.39. The first kappa shape index (κ1) is 20.8. The van der Waals surface area contributed by atoms with Crippen LogP contribution in [0, 0.1) is 10.1 Å². The van der Waals surface area contributed by atoms with E-state index in [2.05, 4.69) is 5.32 Å². The molecular formula is C20H23N3O5S. The number of rotatable bonds is 4. The van der Waals surface area contributed by atoms with Crippen LogP contribution < -0.4 is 9.62 Å². The van der Waals surface area contributed by atoms with E-state index in [-0.39, 0.29) is 11.7 Å². The van der Waals surface area contributed by atoms with Crippen molar-refractivity contribution >= 4 is 28.5 Å². The Morgan fingerprint density at radius 1 is 1.21 bits per heavy atom. The lowest BCUT2D eigenvalue weighted by atomic mass is 10.00. The summed E-state index contributed by atoms with van der Waals surface area (Å²) >= 11 is 0. The number of amides is 1. The molecule has 9 heteroatoms. The third-order valence-corrected chi connectivity index (χ3v) is 5.70. The number of nitro benzene ring substituents is 1. The summed E-state index contributed by atoms with van der Waals surface area (Å²) in [7, 11) is -1.59. The minimum absolute atomic E-state index is 0.0609. The zero-order valence-electron chi connectivity index (χ0n) is 16.5. The third-order valence-electron chi connectivity index (χ3n) is 4.28. The van der Waals surface area contributed by atoms with Crippen molar-refractivity contribution < 1.29 is 18.7 Å². The summed E-state index contributed by atoms with van der Waals surface area (Å²) in [6.07, 6.45) is 0.0616. The number of fused-ring (bicyclic) bond motifs is 1. The molecule has 2 aromatic rings. The second-order valence-corrected chi connectivity index (χ2v) is 9.15. The van der Waals surface area contributed by atoms with E-state index < -0.39 is 27.6 Å². The van der Waals surface area contributed by atoms with Crippen LogP contribution in [0.5, 0.6) is 0 Å². The molecule has 2 unspecified atom stereocenters. The number of non-ortho nitro benzene ring substituents is 1. The average molecular weight is 417 g/mol. The molecule has 154 valence electrons. The number of anilines is 1. The number of ether oxygens (including phenoxy) is 1. The van der Waals surface area contributed by atoms with Crippen molar-refractivity contribution in [1.29, 1.82) is 0 Å². The van der Waals surface area contributed by atoms with Crippen LogP contribution in [-0.4, -0.2) is 33.4 Å². The van der Waals surface area contributed by atoms with Gasteiger partial charge in [0.25, 0.3) is 5.69 Å². The molecule has 0 spiro atoms. The molecule has 1 amide bonds. The van der Waals surface area contributed by atoms with Crippen LogP contribution in [0.25, 0.3) is 0 Å². The summed E-state index contributed by atoms with van der Waals surface area (Å²) in [4.78, 5) is 23.0. The second kappa shape index (κ2) is 8.20. The number of carbonyl (C=O) groups is 1. The van der Waals surface area contributed by atoms with Gasteiger partial charge in [0, 0.05) is 12.1 Å². The standard InChI is InChI=1S/C20H23N3O5S/c1-20(2,3)28-19(24)21-15-12-14-6-4-5-7-18(14)22(13-15)29(27)17-10-8-16(9-11-17)23(25)26/h4-11,15H,12-13H2,1-3H3,(H,21,24).